The minimum absolute atomic E-state index is 0.0185. The molecular weight excluding hydrogens is 290 g/mol. The topological polar surface area (TPSA) is 68.3 Å². The van der Waals surface area contributed by atoms with E-state index in [0.717, 1.165) is 24.9 Å². The summed E-state index contributed by atoms with van der Waals surface area (Å²) in [7, 11) is 0. The van der Waals surface area contributed by atoms with Crippen LogP contribution >= 0.6 is 0 Å². The normalized spacial score (nSPS) is 17.9. The Morgan fingerprint density at radius 3 is 2.43 bits per heavy atom. The van der Waals surface area contributed by atoms with E-state index in [0.29, 0.717) is 12.1 Å². The van der Waals surface area contributed by atoms with Gasteiger partial charge < -0.3 is 15.2 Å². The number of rotatable bonds is 4. The van der Waals surface area contributed by atoms with Gasteiger partial charge in [-0.05, 0) is 55.7 Å². The molecule has 0 aliphatic carbocycles. The highest BCUT2D eigenvalue weighted by molar-refractivity contribution is 5.95. The summed E-state index contributed by atoms with van der Waals surface area (Å²) in [4.78, 5) is 25.8. The van der Waals surface area contributed by atoms with Crippen molar-refractivity contribution in [1.82, 2.24) is 9.47 Å². The van der Waals surface area contributed by atoms with Crippen molar-refractivity contribution in [1.29, 1.82) is 0 Å². The largest absolute Gasteiger partial charge is 0.370 e. The predicted octanol–water partition coefficient (Wildman–Crippen LogP) is 2.35. The minimum atomic E-state index is -0.349. The van der Waals surface area contributed by atoms with Crippen molar-refractivity contribution in [3.8, 4) is 5.69 Å². The van der Waals surface area contributed by atoms with Crippen molar-refractivity contribution >= 4 is 11.8 Å². The first-order valence-corrected chi connectivity index (χ1v) is 7.98. The van der Waals surface area contributed by atoms with Crippen LogP contribution in [0.3, 0.4) is 0 Å². The van der Waals surface area contributed by atoms with Crippen molar-refractivity contribution in [2.45, 2.75) is 31.7 Å². The smallest absolute Gasteiger partial charge is 0.254 e. The van der Waals surface area contributed by atoms with Gasteiger partial charge in [-0.1, -0.05) is 0 Å². The fraction of sp³-hybridized carbons (Fsp3) is 0.333. The summed E-state index contributed by atoms with van der Waals surface area (Å²) in [5.74, 6) is -0.368. The highest BCUT2D eigenvalue weighted by Crippen LogP contribution is 2.22. The Hall–Kier alpha value is -2.56. The molecule has 2 aromatic rings. The number of primary amides is 1. The van der Waals surface area contributed by atoms with E-state index in [9.17, 15) is 9.59 Å². The second-order valence-corrected chi connectivity index (χ2v) is 5.96. The second-order valence-electron chi connectivity index (χ2n) is 5.96. The third kappa shape index (κ3) is 3.44. The Labute approximate surface area is 135 Å². The Kier molecular flexibility index (Phi) is 4.46. The third-order valence-corrected chi connectivity index (χ3v) is 4.34. The fourth-order valence-electron chi connectivity index (χ4n) is 3.16. The highest BCUT2D eigenvalue weighted by atomic mass is 16.2. The number of hydrogen-bond acceptors (Lipinski definition) is 2. The summed E-state index contributed by atoms with van der Waals surface area (Å²) in [5, 5.41) is 0. The molecule has 1 atom stereocenters. The van der Waals surface area contributed by atoms with E-state index in [-0.39, 0.29) is 24.3 Å². The van der Waals surface area contributed by atoms with Crippen molar-refractivity contribution in [2.75, 3.05) is 6.54 Å². The van der Waals surface area contributed by atoms with Gasteiger partial charge in [0.15, 0.2) is 0 Å². The zero-order valence-electron chi connectivity index (χ0n) is 13.0. The number of carbonyl (C=O) groups excluding carboxylic acids is 2. The molecular formula is C18H21N3O2. The van der Waals surface area contributed by atoms with Gasteiger partial charge in [-0.15, -0.1) is 0 Å². The lowest BCUT2D eigenvalue weighted by Crippen LogP contribution is -2.45. The van der Waals surface area contributed by atoms with E-state index in [2.05, 4.69) is 0 Å². The molecule has 1 aliphatic heterocycles. The standard InChI is InChI=1S/C18H21N3O2/c19-17(22)13-16-5-1-2-12-21(16)18(23)14-6-8-15(9-7-14)20-10-3-4-11-20/h3-4,6-11,16H,1-2,5,12-13H2,(H2,19,22)/t16-/m0/s1. The second kappa shape index (κ2) is 6.69. The number of nitrogens with zero attached hydrogens (tertiary/aromatic N) is 2. The van der Waals surface area contributed by atoms with E-state index in [1.807, 2.05) is 53.4 Å². The van der Waals surface area contributed by atoms with Crippen LogP contribution in [0.2, 0.25) is 0 Å². The summed E-state index contributed by atoms with van der Waals surface area (Å²) in [6, 6.07) is 11.4. The number of carbonyl (C=O) groups is 2. The molecule has 3 rings (SSSR count). The Balaban J connectivity index is 1.77. The number of likely N-dealkylation sites (tertiary alicyclic amines) is 1. The van der Waals surface area contributed by atoms with E-state index in [1.54, 1.807) is 4.90 Å². The average molecular weight is 311 g/mol. The quantitative estimate of drug-likeness (QED) is 0.941. The molecule has 0 unspecified atom stereocenters. The van der Waals surface area contributed by atoms with Gasteiger partial charge in [0, 0.05) is 42.7 Å². The Morgan fingerprint density at radius 1 is 1.09 bits per heavy atom. The van der Waals surface area contributed by atoms with Gasteiger partial charge in [-0.3, -0.25) is 9.59 Å². The number of nitrogens with two attached hydrogens (primary N) is 1. The molecule has 2 N–H and O–H groups in total. The first-order chi connectivity index (χ1) is 11.1. The molecule has 0 radical (unpaired) electrons. The number of benzene rings is 1. The van der Waals surface area contributed by atoms with Crippen LogP contribution in [-0.4, -0.2) is 33.9 Å². The number of hydrogen-bond donors (Lipinski definition) is 1. The molecule has 5 nitrogen and oxygen atoms in total. The Morgan fingerprint density at radius 2 is 1.78 bits per heavy atom. The maximum absolute atomic E-state index is 12.8. The van der Waals surface area contributed by atoms with Crippen molar-refractivity contribution in [3.63, 3.8) is 0 Å². The summed E-state index contributed by atoms with van der Waals surface area (Å²) in [6.45, 7) is 0.691. The molecule has 1 fully saturated rings. The molecule has 1 aromatic carbocycles. The van der Waals surface area contributed by atoms with E-state index in [4.69, 9.17) is 5.73 Å². The maximum Gasteiger partial charge on any atom is 0.254 e. The van der Waals surface area contributed by atoms with Crippen LogP contribution in [0.4, 0.5) is 0 Å². The molecule has 2 amide bonds. The zero-order valence-corrected chi connectivity index (χ0v) is 13.0. The molecule has 0 saturated carbocycles. The predicted molar refractivity (Wildman–Crippen MR) is 88.3 cm³/mol. The monoisotopic (exact) mass is 311 g/mol. The number of amides is 2. The van der Waals surface area contributed by atoms with Gasteiger partial charge >= 0.3 is 0 Å². The van der Waals surface area contributed by atoms with Crippen LogP contribution in [0.15, 0.2) is 48.8 Å². The van der Waals surface area contributed by atoms with Crippen molar-refractivity contribution in [3.05, 3.63) is 54.4 Å². The Bertz CT molecular complexity index is 677. The summed E-state index contributed by atoms with van der Waals surface area (Å²) in [5.41, 5.74) is 6.98. The minimum Gasteiger partial charge on any atom is -0.370 e. The van der Waals surface area contributed by atoms with Gasteiger partial charge in [0.25, 0.3) is 5.91 Å². The molecule has 23 heavy (non-hydrogen) atoms. The van der Waals surface area contributed by atoms with Crippen molar-refractivity contribution < 1.29 is 9.59 Å². The average Bonchev–Trinajstić information content (AvgIpc) is 3.09. The maximum atomic E-state index is 12.8. The summed E-state index contributed by atoms with van der Waals surface area (Å²) >= 11 is 0. The van der Waals surface area contributed by atoms with Gasteiger partial charge in [-0.25, -0.2) is 0 Å². The van der Waals surface area contributed by atoms with Gasteiger partial charge in [0.2, 0.25) is 5.91 Å². The fourth-order valence-corrected chi connectivity index (χ4v) is 3.16. The van der Waals surface area contributed by atoms with Gasteiger partial charge in [-0.2, -0.15) is 0 Å². The molecule has 1 aliphatic rings. The summed E-state index contributed by atoms with van der Waals surface area (Å²) < 4.78 is 1.99. The molecule has 120 valence electrons. The van der Waals surface area contributed by atoms with Crippen LogP contribution < -0.4 is 5.73 Å². The highest BCUT2D eigenvalue weighted by Gasteiger charge is 2.28. The molecule has 2 heterocycles. The molecule has 0 bridgehead atoms. The number of aromatic nitrogens is 1. The summed E-state index contributed by atoms with van der Waals surface area (Å²) in [6.07, 6.45) is 7.02. The van der Waals surface area contributed by atoms with Crippen LogP contribution in [0.5, 0.6) is 0 Å². The van der Waals surface area contributed by atoms with Crippen LogP contribution in [0.1, 0.15) is 36.0 Å². The molecule has 5 heteroatoms. The van der Waals surface area contributed by atoms with E-state index >= 15 is 0 Å². The van der Waals surface area contributed by atoms with E-state index < -0.39 is 0 Å². The molecule has 0 spiro atoms. The molecule has 1 saturated heterocycles. The van der Waals surface area contributed by atoms with Crippen LogP contribution in [-0.2, 0) is 4.79 Å². The zero-order chi connectivity index (χ0) is 16.2. The van der Waals surface area contributed by atoms with Crippen molar-refractivity contribution in [2.24, 2.45) is 5.73 Å². The van der Waals surface area contributed by atoms with Gasteiger partial charge in [0.1, 0.15) is 0 Å². The lowest BCUT2D eigenvalue weighted by Gasteiger charge is -2.35. The SMILES string of the molecule is NC(=O)C[C@@H]1CCCCN1C(=O)c1ccc(-n2cccc2)cc1. The number of piperidine rings is 1. The van der Waals surface area contributed by atoms with Gasteiger partial charge in [0.05, 0.1) is 0 Å². The first-order valence-electron chi connectivity index (χ1n) is 7.98. The molecule has 1 aromatic heterocycles. The van der Waals surface area contributed by atoms with E-state index in [1.165, 1.54) is 0 Å². The van der Waals surface area contributed by atoms with Crippen LogP contribution in [0.25, 0.3) is 5.69 Å². The lowest BCUT2D eigenvalue weighted by atomic mass is 9.98. The lowest BCUT2D eigenvalue weighted by molar-refractivity contribution is -0.119. The first kappa shape index (κ1) is 15.3. The third-order valence-electron chi connectivity index (χ3n) is 4.34. The van der Waals surface area contributed by atoms with Crippen LogP contribution in [0, 0.1) is 0 Å².